The molecule has 26 heavy (non-hydrogen) atoms. The molecule has 0 atom stereocenters. The van der Waals surface area contributed by atoms with Crippen LogP contribution in [0.4, 0.5) is 13.2 Å². The van der Waals surface area contributed by atoms with Crippen LogP contribution < -0.4 is 0 Å². The second-order valence-corrected chi connectivity index (χ2v) is 7.47. The Morgan fingerprint density at radius 1 is 1.12 bits per heavy atom. The number of benzene rings is 1. The van der Waals surface area contributed by atoms with Gasteiger partial charge in [0.05, 0.1) is 16.0 Å². The van der Waals surface area contributed by atoms with E-state index in [0.717, 1.165) is 27.2 Å². The van der Waals surface area contributed by atoms with E-state index in [-0.39, 0.29) is 0 Å². The maximum atomic E-state index is 12.8. The molecule has 0 bridgehead atoms. The largest absolute Gasteiger partial charge is 0.416 e. The summed E-state index contributed by atoms with van der Waals surface area (Å²) in [5.74, 6) is 0.399. The van der Waals surface area contributed by atoms with Crippen molar-refractivity contribution in [3.8, 4) is 10.6 Å². The summed E-state index contributed by atoms with van der Waals surface area (Å²) in [5, 5.41) is 7.27. The third-order valence-corrected chi connectivity index (χ3v) is 5.72. The fraction of sp³-hybridized carbons (Fsp3) is 0.111. The molecule has 0 amide bonds. The third-order valence-electron chi connectivity index (χ3n) is 3.76. The van der Waals surface area contributed by atoms with Gasteiger partial charge in [0, 0.05) is 18.1 Å². The molecule has 8 heteroatoms. The van der Waals surface area contributed by atoms with Gasteiger partial charge in [0.15, 0.2) is 0 Å². The van der Waals surface area contributed by atoms with Gasteiger partial charge in [-0.25, -0.2) is 9.50 Å². The molecule has 132 valence electrons. The van der Waals surface area contributed by atoms with E-state index in [1.54, 1.807) is 34.3 Å². The Hall–Kier alpha value is -2.32. The van der Waals surface area contributed by atoms with Crippen LogP contribution in [0.3, 0.4) is 0 Å². The van der Waals surface area contributed by atoms with Crippen molar-refractivity contribution in [2.75, 3.05) is 0 Å². The minimum atomic E-state index is -4.33. The fourth-order valence-corrected chi connectivity index (χ4v) is 4.14. The summed E-state index contributed by atoms with van der Waals surface area (Å²) in [7, 11) is 0. The second kappa shape index (κ2) is 6.77. The zero-order valence-electron chi connectivity index (χ0n) is 13.3. The van der Waals surface area contributed by atoms with Crippen LogP contribution in [-0.2, 0) is 11.9 Å². The number of hydrogen-bond acceptors (Lipinski definition) is 4. The van der Waals surface area contributed by atoms with E-state index in [0.29, 0.717) is 11.3 Å². The maximum Gasteiger partial charge on any atom is 0.416 e. The number of thiophene rings is 1. The van der Waals surface area contributed by atoms with Gasteiger partial charge in [0.1, 0.15) is 10.7 Å². The first-order valence-electron chi connectivity index (χ1n) is 7.68. The van der Waals surface area contributed by atoms with Crippen molar-refractivity contribution in [1.29, 1.82) is 0 Å². The Bertz CT molecular complexity index is 1040. The van der Waals surface area contributed by atoms with Crippen LogP contribution in [0.25, 0.3) is 16.1 Å². The number of halogens is 3. The van der Waals surface area contributed by atoms with Crippen molar-refractivity contribution in [3.63, 3.8) is 0 Å². The highest BCUT2D eigenvalue weighted by atomic mass is 32.2. The van der Waals surface area contributed by atoms with E-state index in [4.69, 9.17) is 0 Å². The van der Waals surface area contributed by atoms with Crippen LogP contribution in [0.5, 0.6) is 0 Å². The van der Waals surface area contributed by atoms with Gasteiger partial charge in [-0.15, -0.1) is 11.3 Å². The Balaban J connectivity index is 1.60. The number of rotatable bonds is 4. The Kier molecular flexibility index (Phi) is 4.46. The maximum absolute atomic E-state index is 12.8. The average Bonchev–Trinajstić information content (AvgIpc) is 3.28. The molecule has 0 unspecified atom stereocenters. The highest BCUT2D eigenvalue weighted by molar-refractivity contribution is 7.98. The van der Waals surface area contributed by atoms with Crippen LogP contribution in [0.2, 0.25) is 0 Å². The number of thioether (sulfide) groups is 1. The molecule has 0 aliphatic heterocycles. The van der Waals surface area contributed by atoms with Crippen molar-refractivity contribution < 1.29 is 13.2 Å². The minimum absolute atomic E-state index is 0.399. The van der Waals surface area contributed by atoms with Crippen molar-refractivity contribution in [1.82, 2.24) is 14.6 Å². The van der Waals surface area contributed by atoms with E-state index >= 15 is 0 Å². The summed E-state index contributed by atoms with van der Waals surface area (Å²) < 4.78 is 40.3. The Labute approximate surface area is 155 Å². The molecule has 1 aromatic carbocycles. The monoisotopic (exact) mass is 391 g/mol. The number of nitrogens with zero attached hydrogens (tertiary/aromatic N) is 3. The molecule has 0 fully saturated rings. The summed E-state index contributed by atoms with van der Waals surface area (Å²) in [5.41, 5.74) is 1.67. The van der Waals surface area contributed by atoms with E-state index in [9.17, 15) is 13.2 Å². The number of alkyl halides is 3. The molecule has 0 N–H and O–H groups in total. The zero-order valence-corrected chi connectivity index (χ0v) is 14.9. The lowest BCUT2D eigenvalue weighted by molar-refractivity contribution is -0.137. The van der Waals surface area contributed by atoms with Gasteiger partial charge >= 0.3 is 6.18 Å². The molecule has 0 aliphatic rings. The van der Waals surface area contributed by atoms with Crippen molar-refractivity contribution >= 4 is 28.6 Å². The van der Waals surface area contributed by atoms with Gasteiger partial charge in [0.25, 0.3) is 0 Å². The zero-order chi connectivity index (χ0) is 18.1. The Morgan fingerprint density at radius 2 is 2.00 bits per heavy atom. The molecule has 4 aromatic rings. The van der Waals surface area contributed by atoms with Gasteiger partial charge in [-0.1, -0.05) is 36.0 Å². The second-order valence-electron chi connectivity index (χ2n) is 5.56. The molecule has 0 saturated heterocycles. The molecule has 3 heterocycles. The SMILES string of the molecule is FC(F)(F)c1cccc(CSc2nccn3nc(-c4cccs4)cc23)c1. The van der Waals surface area contributed by atoms with Crippen LogP contribution in [0.1, 0.15) is 11.1 Å². The average molecular weight is 391 g/mol. The normalized spacial score (nSPS) is 12.0. The lowest BCUT2D eigenvalue weighted by Gasteiger charge is -2.08. The van der Waals surface area contributed by atoms with Gasteiger partial charge in [0.2, 0.25) is 0 Å². The smallest absolute Gasteiger partial charge is 0.246 e. The topological polar surface area (TPSA) is 30.2 Å². The number of fused-ring (bicyclic) bond motifs is 1. The van der Waals surface area contributed by atoms with Gasteiger partial charge in [-0.3, -0.25) is 0 Å². The first-order chi connectivity index (χ1) is 12.5. The van der Waals surface area contributed by atoms with Crippen LogP contribution >= 0.6 is 23.1 Å². The predicted octanol–water partition coefficient (Wildman–Crippen LogP) is 5.77. The lowest BCUT2D eigenvalue weighted by Crippen LogP contribution is -2.04. The van der Waals surface area contributed by atoms with E-state index in [2.05, 4.69) is 10.1 Å². The van der Waals surface area contributed by atoms with Crippen molar-refractivity contribution in [3.05, 3.63) is 71.4 Å². The van der Waals surface area contributed by atoms with Gasteiger partial charge in [-0.05, 0) is 29.1 Å². The van der Waals surface area contributed by atoms with Gasteiger partial charge in [-0.2, -0.15) is 18.3 Å². The molecule has 3 aromatic heterocycles. The Morgan fingerprint density at radius 3 is 2.77 bits per heavy atom. The van der Waals surface area contributed by atoms with E-state index in [1.165, 1.54) is 23.9 Å². The highest BCUT2D eigenvalue weighted by Crippen LogP contribution is 2.32. The minimum Gasteiger partial charge on any atom is -0.246 e. The first kappa shape index (κ1) is 17.1. The molecule has 0 radical (unpaired) electrons. The molecular formula is C18H12F3N3S2. The summed E-state index contributed by atoms with van der Waals surface area (Å²) in [6, 6.07) is 11.3. The first-order valence-corrected chi connectivity index (χ1v) is 9.54. The van der Waals surface area contributed by atoms with Crippen LogP contribution in [0, 0.1) is 0 Å². The predicted molar refractivity (Wildman–Crippen MR) is 97.3 cm³/mol. The summed E-state index contributed by atoms with van der Waals surface area (Å²) in [4.78, 5) is 5.43. The number of hydrogen-bond donors (Lipinski definition) is 0. The summed E-state index contributed by atoms with van der Waals surface area (Å²) in [6.45, 7) is 0. The molecule has 0 spiro atoms. The highest BCUT2D eigenvalue weighted by Gasteiger charge is 2.30. The lowest BCUT2D eigenvalue weighted by atomic mass is 10.1. The standard InChI is InChI=1S/C18H12F3N3S2/c19-18(20,21)13-4-1-3-12(9-13)11-26-17-15-10-14(16-5-2-8-25-16)23-24(15)7-6-22-17/h1-10H,11H2. The molecular weight excluding hydrogens is 379 g/mol. The molecule has 0 saturated carbocycles. The molecule has 0 aliphatic carbocycles. The van der Waals surface area contributed by atoms with E-state index in [1.807, 2.05) is 23.6 Å². The number of aromatic nitrogens is 3. The third kappa shape index (κ3) is 3.47. The molecule has 4 rings (SSSR count). The van der Waals surface area contributed by atoms with E-state index < -0.39 is 11.7 Å². The molecule has 3 nitrogen and oxygen atoms in total. The van der Waals surface area contributed by atoms with Crippen LogP contribution in [-0.4, -0.2) is 14.6 Å². The summed E-state index contributed by atoms with van der Waals surface area (Å²) in [6.07, 6.45) is -0.923. The van der Waals surface area contributed by atoms with Crippen LogP contribution in [0.15, 0.2) is 65.3 Å². The van der Waals surface area contributed by atoms with Crippen molar-refractivity contribution in [2.45, 2.75) is 17.0 Å². The quantitative estimate of drug-likeness (QED) is 0.414. The fourth-order valence-electron chi connectivity index (χ4n) is 2.54. The van der Waals surface area contributed by atoms with Gasteiger partial charge < -0.3 is 0 Å². The summed E-state index contributed by atoms with van der Waals surface area (Å²) >= 11 is 3.00. The van der Waals surface area contributed by atoms with Crippen molar-refractivity contribution in [2.24, 2.45) is 0 Å².